The molecule has 0 saturated carbocycles. The molecule has 3 N–H and O–H groups in total. The summed E-state index contributed by atoms with van der Waals surface area (Å²) in [5.41, 5.74) is 8.20. The average Bonchev–Trinajstić information content (AvgIpc) is 2.44. The molecule has 3 rings (SSSR count). The van der Waals surface area contributed by atoms with Crippen LogP contribution >= 0.6 is 27.5 Å². The smallest absolute Gasteiger partial charge is 0.163 e. The first-order valence-electron chi connectivity index (χ1n) is 6.05. The SMILES string of the molecule is Nc1cc2c(cc1Nc1cccc(Cl)c1Br)OCCO2. The monoisotopic (exact) mass is 354 g/mol. The molecule has 4 nitrogen and oxygen atoms in total. The minimum Gasteiger partial charge on any atom is -0.486 e. The highest BCUT2D eigenvalue weighted by Crippen LogP contribution is 2.39. The fourth-order valence-electron chi connectivity index (χ4n) is 1.96. The predicted octanol–water partition coefficient (Wildman–Crippen LogP) is 4.20. The number of nitrogens with two attached hydrogens (primary N) is 1. The summed E-state index contributed by atoms with van der Waals surface area (Å²) in [4.78, 5) is 0. The Labute approximate surface area is 130 Å². The predicted molar refractivity (Wildman–Crippen MR) is 84.3 cm³/mol. The molecule has 0 aromatic heterocycles. The zero-order chi connectivity index (χ0) is 14.1. The first-order chi connectivity index (χ1) is 9.65. The molecule has 1 heterocycles. The zero-order valence-corrected chi connectivity index (χ0v) is 12.8. The van der Waals surface area contributed by atoms with E-state index in [2.05, 4.69) is 21.2 Å². The maximum Gasteiger partial charge on any atom is 0.163 e. The number of fused-ring (bicyclic) bond motifs is 1. The summed E-state index contributed by atoms with van der Waals surface area (Å²) in [6.45, 7) is 1.08. The van der Waals surface area contributed by atoms with Crippen molar-refractivity contribution in [2.75, 3.05) is 24.3 Å². The van der Waals surface area contributed by atoms with Gasteiger partial charge in [0.15, 0.2) is 11.5 Å². The Morgan fingerprint density at radius 3 is 2.55 bits per heavy atom. The van der Waals surface area contributed by atoms with Crippen molar-refractivity contribution in [2.45, 2.75) is 0 Å². The van der Waals surface area contributed by atoms with Gasteiger partial charge in [-0.1, -0.05) is 17.7 Å². The summed E-state index contributed by atoms with van der Waals surface area (Å²) in [6, 6.07) is 9.17. The minimum atomic E-state index is 0.539. The first-order valence-corrected chi connectivity index (χ1v) is 7.22. The number of ether oxygens (including phenoxy) is 2. The Bertz CT molecular complexity index is 664. The van der Waals surface area contributed by atoms with Crippen LogP contribution < -0.4 is 20.5 Å². The molecule has 2 aromatic rings. The zero-order valence-electron chi connectivity index (χ0n) is 10.5. The standard InChI is InChI=1S/C14H12BrClN2O2/c15-14-8(16)2-1-3-10(14)18-11-7-13-12(6-9(11)17)19-4-5-20-13/h1-3,6-7,18H,4-5,17H2. The van der Waals surface area contributed by atoms with Gasteiger partial charge in [0.2, 0.25) is 0 Å². The van der Waals surface area contributed by atoms with Gasteiger partial charge in [-0.25, -0.2) is 0 Å². The number of benzene rings is 2. The molecule has 1 aliphatic rings. The van der Waals surface area contributed by atoms with Crippen molar-refractivity contribution in [2.24, 2.45) is 0 Å². The molecule has 0 atom stereocenters. The maximum absolute atomic E-state index is 6.07. The third-order valence-corrected chi connectivity index (χ3v) is 4.33. The van der Waals surface area contributed by atoms with Gasteiger partial charge in [0.25, 0.3) is 0 Å². The van der Waals surface area contributed by atoms with E-state index in [0.29, 0.717) is 35.4 Å². The lowest BCUT2D eigenvalue weighted by molar-refractivity contribution is 0.172. The molecule has 0 fully saturated rings. The third-order valence-electron chi connectivity index (χ3n) is 2.94. The van der Waals surface area contributed by atoms with Crippen LogP contribution in [0.3, 0.4) is 0 Å². The molecule has 104 valence electrons. The summed E-state index contributed by atoms with van der Waals surface area (Å²) in [5, 5.41) is 3.87. The van der Waals surface area contributed by atoms with Crippen LogP contribution in [0.4, 0.5) is 17.1 Å². The second-order valence-electron chi connectivity index (χ2n) is 4.31. The van der Waals surface area contributed by atoms with Gasteiger partial charge in [0.05, 0.1) is 26.6 Å². The van der Waals surface area contributed by atoms with Gasteiger partial charge < -0.3 is 20.5 Å². The quantitative estimate of drug-likeness (QED) is 0.793. The summed E-state index contributed by atoms with van der Waals surface area (Å²) >= 11 is 9.52. The second kappa shape index (κ2) is 5.42. The van der Waals surface area contributed by atoms with Crippen molar-refractivity contribution >= 4 is 44.6 Å². The van der Waals surface area contributed by atoms with E-state index < -0.39 is 0 Å². The average molecular weight is 356 g/mol. The molecule has 0 radical (unpaired) electrons. The number of rotatable bonds is 2. The maximum atomic E-state index is 6.07. The molecule has 0 amide bonds. The van der Waals surface area contributed by atoms with Gasteiger partial charge in [-0.05, 0) is 28.1 Å². The number of hydrogen-bond acceptors (Lipinski definition) is 4. The van der Waals surface area contributed by atoms with Crippen molar-refractivity contribution in [3.05, 3.63) is 39.8 Å². The van der Waals surface area contributed by atoms with Gasteiger partial charge in [-0.3, -0.25) is 0 Å². The third kappa shape index (κ3) is 2.51. The van der Waals surface area contributed by atoms with E-state index >= 15 is 0 Å². The Hall–Kier alpha value is -1.59. The van der Waals surface area contributed by atoms with Crippen LogP contribution in [-0.4, -0.2) is 13.2 Å². The Kier molecular flexibility index (Phi) is 3.63. The van der Waals surface area contributed by atoms with Crippen LogP contribution in [0, 0.1) is 0 Å². The number of anilines is 3. The number of nitrogen functional groups attached to an aromatic ring is 1. The van der Waals surface area contributed by atoms with Crippen molar-refractivity contribution in [3.8, 4) is 11.5 Å². The molecule has 0 spiro atoms. The minimum absolute atomic E-state index is 0.539. The number of halogens is 2. The highest BCUT2D eigenvalue weighted by Gasteiger charge is 2.15. The van der Waals surface area contributed by atoms with Crippen LogP contribution in [-0.2, 0) is 0 Å². The molecule has 2 aromatic carbocycles. The van der Waals surface area contributed by atoms with Crippen molar-refractivity contribution in [1.82, 2.24) is 0 Å². The largest absolute Gasteiger partial charge is 0.486 e. The van der Waals surface area contributed by atoms with Crippen LogP contribution in [0.5, 0.6) is 11.5 Å². The molecule has 0 saturated heterocycles. The van der Waals surface area contributed by atoms with E-state index in [9.17, 15) is 0 Å². The number of hydrogen-bond donors (Lipinski definition) is 2. The summed E-state index contributed by atoms with van der Waals surface area (Å²) in [6.07, 6.45) is 0. The Balaban J connectivity index is 1.96. The summed E-state index contributed by atoms with van der Waals surface area (Å²) in [5.74, 6) is 1.36. The van der Waals surface area contributed by atoms with E-state index in [1.807, 2.05) is 24.3 Å². The van der Waals surface area contributed by atoms with Gasteiger partial charge in [0.1, 0.15) is 13.2 Å². The molecular weight excluding hydrogens is 344 g/mol. The molecule has 6 heteroatoms. The van der Waals surface area contributed by atoms with Crippen LogP contribution in [0.15, 0.2) is 34.8 Å². The van der Waals surface area contributed by atoms with E-state index in [1.165, 1.54) is 0 Å². The fourth-order valence-corrected chi connectivity index (χ4v) is 2.50. The fraction of sp³-hybridized carbons (Fsp3) is 0.143. The van der Waals surface area contributed by atoms with Crippen LogP contribution in [0.25, 0.3) is 0 Å². The molecule has 0 aliphatic carbocycles. The molecule has 0 unspecified atom stereocenters. The molecular formula is C14H12BrClN2O2. The van der Waals surface area contributed by atoms with E-state index in [4.69, 9.17) is 26.8 Å². The normalized spacial score (nSPS) is 13.1. The van der Waals surface area contributed by atoms with E-state index in [-0.39, 0.29) is 0 Å². The van der Waals surface area contributed by atoms with Crippen molar-refractivity contribution < 1.29 is 9.47 Å². The molecule has 1 aliphatic heterocycles. The van der Waals surface area contributed by atoms with Gasteiger partial charge in [-0.2, -0.15) is 0 Å². The highest BCUT2D eigenvalue weighted by molar-refractivity contribution is 9.10. The lowest BCUT2D eigenvalue weighted by atomic mass is 10.2. The summed E-state index contributed by atoms with van der Waals surface area (Å²) in [7, 11) is 0. The lowest BCUT2D eigenvalue weighted by Crippen LogP contribution is -2.15. The summed E-state index contributed by atoms with van der Waals surface area (Å²) < 4.78 is 11.8. The van der Waals surface area contributed by atoms with E-state index in [1.54, 1.807) is 6.07 Å². The van der Waals surface area contributed by atoms with Gasteiger partial charge in [0, 0.05) is 12.1 Å². The highest BCUT2D eigenvalue weighted by atomic mass is 79.9. The topological polar surface area (TPSA) is 56.5 Å². The Morgan fingerprint density at radius 2 is 1.80 bits per heavy atom. The molecule has 20 heavy (non-hydrogen) atoms. The lowest BCUT2D eigenvalue weighted by Gasteiger charge is -2.21. The van der Waals surface area contributed by atoms with Gasteiger partial charge in [-0.15, -0.1) is 0 Å². The molecule has 0 bridgehead atoms. The van der Waals surface area contributed by atoms with Crippen LogP contribution in [0.2, 0.25) is 5.02 Å². The van der Waals surface area contributed by atoms with E-state index in [0.717, 1.165) is 15.8 Å². The number of nitrogens with one attached hydrogen (secondary N) is 1. The van der Waals surface area contributed by atoms with Crippen LogP contribution in [0.1, 0.15) is 0 Å². The second-order valence-corrected chi connectivity index (χ2v) is 5.51. The van der Waals surface area contributed by atoms with Crippen molar-refractivity contribution in [3.63, 3.8) is 0 Å². The Morgan fingerprint density at radius 1 is 1.10 bits per heavy atom. The first kappa shape index (κ1) is 13.4. The van der Waals surface area contributed by atoms with Crippen molar-refractivity contribution in [1.29, 1.82) is 0 Å². The van der Waals surface area contributed by atoms with Gasteiger partial charge >= 0.3 is 0 Å².